The molecule has 0 spiro atoms. The molecule has 4 heteroatoms. The van der Waals surface area contributed by atoms with Crippen LogP contribution in [0, 0.1) is 0 Å². The third-order valence-corrected chi connectivity index (χ3v) is 3.72. The Kier molecular flexibility index (Phi) is 3.67. The molecule has 0 aliphatic heterocycles. The lowest BCUT2D eigenvalue weighted by atomic mass is 9.85. The number of alkyl halides is 1. The van der Waals surface area contributed by atoms with Gasteiger partial charge in [0, 0.05) is 6.42 Å². The van der Waals surface area contributed by atoms with Gasteiger partial charge in [0.1, 0.15) is 5.75 Å². The number of benzene rings is 1. The van der Waals surface area contributed by atoms with E-state index in [4.69, 9.17) is 16.3 Å². The molecule has 1 unspecified atom stereocenters. The second kappa shape index (κ2) is 5.10. The highest BCUT2D eigenvalue weighted by atomic mass is 35.5. The Morgan fingerprint density at radius 3 is 2.53 bits per heavy atom. The van der Waals surface area contributed by atoms with Crippen molar-refractivity contribution in [2.45, 2.75) is 18.2 Å². The van der Waals surface area contributed by atoms with Crippen molar-refractivity contribution in [1.29, 1.82) is 0 Å². The van der Waals surface area contributed by atoms with Crippen LogP contribution in [0.1, 0.15) is 18.9 Å². The van der Waals surface area contributed by atoms with E-state index in [1.54, 1.807) is 19.3 Å². The number of halogens is 1. The maximum atomic E-state index is 11.2. The highest BCUT2D eigenvalue weighted by Crippen LogP contribution is 2.38. The number of ether oxygens (including phenoxy) is 1. The monoisotopic (exact) mass is 278 g/mol. The Hall–Kier alpha value is -1.74. The normalized spacial score (nSPS) is 22.5. The summed E-state index contributed by atoms with van der Waals surface area (Å²) in [4.78, 5) is 9.88. The molecule has 1 aliphatic rings. The van der Waals surface area contributed by atoms with Crippen LogP contribution < -0.4 is 4.74 Å². The summed E-state index contributed by atoms with van der Waals surface area (Å²) in [5, 5.41) is 9.20. The molecular formula is C15H15ClO3. The molecule has 0 aromatic heterocycles. The molecule has 1 aromatic carbocycles. The zero-order chi connectivity index (χ0) is 14.0. The molecular weight excluding hydrogens is 264 g/mol. The predicted octanol–water partition coefficient (Wildman–Crippen LogP) is 3.49. The van der Waals surface area contributed by atoms with Crippen LogP contribution in [0.3, 0.4) is 0 Å². The minimum atomic E-state index is -1.35. The highest BCUT2D eigenvalue weighted by Gasteiger charge is 2.37. The molecule has 100 valence electrons. The van der Waals surface area contributed by atoms with Crippen molar-refractivity contribution in [3.05, 3.63) is 47.6 Å². The van der Waals surface area contributed by atoms with Crippen molar-refractivity contribution in [2.75, 3.05) is 7.11 Å². The number of hydrogen-bond acceptors (Lipinski definition) is 2. The summed E-state index contributed by atoms with van der Waals surface area (Å²) < 4.78 is 5.11. The van der Waals surface area contributed by atoms with Crippen molar-refractivity contribution in [3.8, 4) is 5.75 Å². The fourth-order valence-corrected chi connectivity index (χ4v) is 2.28. The molecule has 0 bridgehead atoms. The van der Waals surface area contributed by atoms with Gasteiger partial charge in [0.15, 0.2) is 4.87 Å². The summed E-state index contributed by atoms with van der Waals surface area (Å²) in [6.07, 6.45) is 3.59. The Morgan fingerprint density at radius 1 is 1.37 bits per heavy atom. The van der Waals surface area contributed by atoms with E-state index in [2.05, 4.69) is 0 Å². The molecule has 0 fully saturated rings. The van der Waals surface area contributed by atoms with E-state index >= 15 is 0 Å². The third kappa shape index (κ3) is 2.66. The van der Waals surface area contributed by atoms with Gasteiger partial charge in [0.25, 0.3) is 0 Å². The lowest BCUT2D eigenvalue weighted by Crippen LogP contribution is -2.32. The van der Waals surface area contributed by atoms with Gasteiger partial charge in [-0.05, 0) is 35.8 Å². The largest absolute Gasteiger partial charge is 0.497 e. The number of aliphatic carboxylic acids is 1. The van der Waals surface area contributed by atoms with Gasteiger partial charge >= 0.3 is 5.97 Å². The first-order chi connectivity index (χ1) is 8.96. The maximum Gasteiger partial charge on any atom is 0.329 e. The summed E-state index contributed by atoms with van der Waals surface area (Å²) >= 11 is 6.13. The number of carboxylic acid groups (broad SMARTS) is 1. The Morgan fingerprint density at radius 2 is 2.00 bits per heavy atom. The molecule has 0 saturated heterocycles. The summed E-state index contributed by atoms with van der Waals surface area (Å²) in [6, 6.07) is 7.53. The zero-order valence-electron chi connectivity index (χ0n) is 10.8. The van der Waals surface area contributed by atoms with Gasteiger partial charge in [-0.3, -0.25) is 0 Å². The fraction of sp³-hybridized carbons (Fsp3) is 0.267. The summed E-state index contributed by atoms with van der Waals surface area (Å²) in [5.41, 5.74) is 2.94. The van der Waals surface area contributed by atoms with Crippen LogP contribution in [-0.2, 0) is 4.79 Å². The molecule has 0 radical (unpaired) electrons. The Balaban J connectivity index is 2.37. The Labute approximate surface area is 117 Å². The van der Waals surface area contributed by atoms with Crippen molar-refractivity contribution in [2.24, 2.45) is 0 Å². The molecule has 3 nitrogen and oxygen atoms in total. The van der Waals surface area contributed by atoms with Crippen LogP contribution >= 0.6 is 11.6 Å². The number of carbonyl (C=O) groups is 1. The van der Waals surface area contributed by atoms with Crippen molar-refractivity contribution in [1.82, 2.24) is 0 Å². The van der Waals surface area contributed by atoms with Crippen LogP contribution in [0.15, 0.2) is 42.0 Å². The number of methoxy groups -OCH3 is 1. The van der Waals surface area contributed by atoms with Crippen LogP contribution in [-0.4, -0.2) is 23.1 Å². The second-order valence-corrected chi connectivity index (χ2v) is 5.24. The number of hydrogen-bond donors (Lipinski definition) is 1. The van der Waals surface area contributed by atoms with E-state index in [1.165, 1.54) is 0 Å². The topological polar surface area (TPSA) is 46.5 Å². The number of carboxylic acids is 1. The van der Waals surface area contributed by atoms with E-state index < -0.39 is 10.8 Å². The molecule has 0 saturated carbocycles. The van der Waals surface area contributed by atoms with Gasteiger partial charge in [-0.25, -0.2) is 4.79 Å². The number of rotatable bonds is 3. The van der Waals surface area contributed by atoms with E-state index in [1.807, 2.05) is 31.2 Å². The first kappa shape index (κ1) is 13.7. The molecule has 1 N–H and O–H groups in total. The van der Waals surface area contributed by atoms with Gasteiger partial charge in [-0.1, -0.05) is 24.3 Å². The van der Waals surface area contributed by atoms with Crippen molar-refractivity contribution < 1.29 is 14.6 Å². The SMILES string of the molecule is COc1ccc(C2=C(C)C=CC(Cl)(C(=O)O)C2)cc1. The lowest BCUT2D eigenvalue weighted by Gasteiger charge is -2.25. The van der Waals surface area contributed by atoms with E-state index in [-0.39, 0.29) is 6.42 Å². The molecule has 0 heterocycles. The average Bonchev–Trinajstić information content (AvgIpc) is 2.42. The standard InChI is InChI=1S/C15H15ClO3/c1-10-7-8-15(16,14(17)18)9-13(10)11-3-5-12(19-2)6-4-11/h3-8H,9H2,1-2H3,(H,17,18). The minimum Gasteiger partial charge on any atom is -0.497 e. The molecule has 1 aromatic rings. The molecule has 2 rings (SSSR count). The quantitative estimate of drug-likeness (QED) is 0.861. The maximum absolute atomic E-state index is 11.2. The lowest BCUT2D eigenvalue weighted by molar-refractivity contribution is -0.138. The first-order valence-electron chi connectivity index (χ1n) is 5.92. The minimum absolute atomic E-state index is 0.276. The van der Waals surface area contributed by atoms with Gasteiger partial charge in [-0.2, -0.15) is 0 Å². The van der Waals surface area contributed by atoms with Gasteiger partial charge < -0.3 is 9.84 Å². The van der Waals surface area contributed by atoms with E-state index in [0.29, 0.717) is 0 Å². The molecule has 1 aliphatic carbocycles. The summed E-state index contributed by atoms with van der Waals surface area (Å²) in [5.74, 6) is -0.257. The average molecular weight is 279 g/mol. The zero-order valence-corrected chi connectivity index (χ0v) is 11.6. The van der Waals surface area contributed by atoms with Gasteiger partial charge in [0.05, 0.1) is 7.11 Å². The van der Waals surface area contributed by atoms with Crippen LogP contribution in [0.25, 0.3) is 5.57 Å². The van der Waals surface area contributed by atoms with Gasteiger partial charge in [-0.15, -0.1) is 11.6 Å². The highest BCUT2D eigenvalue weighted by molar-refractivity contribution is 6.36. The van der Waals surface area contributed by atoms with Crippen LogP contribution in [0.5, 0.6) is 5.75 Å². The first-order valence-corrected chi connectivity index (χ1v) is 6.30. The van der Waals surface area contributed by atoms with Gasteiger partial charge in [0.2, 0.25) is 0 Å². The van der Waals surface area contributed by atoms with Crippen LogP contribution in [0.4, 0.5) is 0 Å². The van der Waals surface area contributed by atoms with Crippen molar-refractivity contribution >= 4 is 23.1 Å². The summed E-state index contributed by atoms with van der Waals surface area (Å²) in [6.45, 7) is 1.95. The van der Waals surface area contributed by atoms with Crippen molar-refractivity contribution in [3.63, 3.8) is 0 Å². The van der Waals surface area contributed by atoms with E-state index in [9.17, 15) is 9.90 Å². The van der Waals surface area contributed by atoms with Crippen LogP contribution in [0.2, 0.25) is 0 Å². The predicted molar refractivity (Wildman–Crippen MR) is 75.6 cm³/mol. The third-order valence-electron chi connectivity index (χ3n) is 3.30. The molecule has 0 amide bonds. The fourth-order valence-electron chi connectivity index (χ4n) is 2.08. The smallest absolute Gasteiger partial charge is 0.329 e. The Bertz CT molecular complexity index is 557. The second-order valence-electron chi connectivity index (χ2n) is 4.57. The number of allylic oxidation sites excluding steroid dienone is 3. The van der Waals surface area contributed by atoms with E-state index in [0.717, 1.165) is 22.5 Å². The summed E-state index contributed by atoms with van der Waals surface area (Å²) in [7, 11) is 1.61. The molecule has 1 atom stereocenters. The molecule has 19 heavy (non-hydrogen) atoms.